The lowest BCUT2D eigenvalue weighted by atomic mass is 10.1. The highest BCUT2D eigenvalue weighted by atomic mass is 16.5. The normalized spacial score (nSPS) is 9.92. The van der Waals surface area contributed by atoms with E-state index in [1.54, 1.807) is 0 Å². The zero-order valence-corrected chi connectivity index (χ0v) is 14.3. The molecule has 0 bridgehead atoms. The van der Waals surface area contributed by atoms with Gasteiger partial charge in [0, 0.05) is 13.0 Å². The monoisotopic (exact) mass is 338 g/mol. The van der Waals surface area contributed by atoms with Crippen molar-refractivity contribution in [2.45, 2.75) is 26.3 Å². The molecule has 2 aromatic rings. The topological polar surface area (TPSA) is 71.3 Å². The van der Waals surface area contributed by atoms with Crippen LogP contribution in [0, 0.1) is 11.3 Å². The number of amides is 1. The smallest absolute Gasteiger partial charge is 0.234 e. The molecule has 1 amide bonds. The van der Waals surface area contributed by atoms with Crippen LogP contribution in [0.5, 0.6) is 11.5 Å². The maximum atomic E-state index is 11.4. The van der Waals surface area contributed by atoms with Crippen molar-refractivity contribution in [3.63, 3.8) is 0 Å². The molecule has 5 heteroatoms. The number of ether oxygens (including phenoxy) is 2. The van der Waals surface area contributed by atoms with E-state index in [2.05, 4.69) is 17.4 Å². The van der Waals surface area contributed by atoms with Crippen LogP contribution in [0.1, 0.15) is 24.5 Å². The molecule has 0 heterocycles. The molecular weight excluding hydrogens is 316 g/mol. The maximum absolute atomic E-state index is 11.4. The molecule has 0 fully saturated rings. The van der Waals surface area contributed by atoms with Gasteiger partial charge in [-0.2, -0.15) is 5.26 Å². The Kier molecular flexibility index (Phi) is 7.33. The first kappa shape index (κ1) is 18.3. The van der Waals surface area contributed by atoms with E-state index in [9.17, 15) is 4.79 Å². The summed E-state index contributed by atoms with van der Waals surface area (Å²) in [6, 6.07) is 17.6. The van der Waals surface area contributed by atoms with Crippen LogP contribution in [0.25, 0.3) is 0 Å². The predicted octanol–water partition coefficient (Wildman–Crippen LogP) is 3.24. The molecule has 0 spiro atoms. The average Bonchev–Trinajstić information content (AvgIpc) is 2.63. The summed E-state index contributed by atoms with van der Waals surface area (Å²) in [5.41, 5.74) is 2.11. The van der Waals surface area contributed by atoms with E-state index in [-0.39, 0.29) is 12.3 Å². The molecule has 0 unspecified atom stereocenters. The summed E-state index contributed by atoms with van der Waals surface area (Å²) in [6.45, 7) is 3.35. The van der Waals surface area contributed by atoms with Crippen molar-refractivity contribution < 1.29 is 14.3 Å². The highest BCUT2D eigenvalue weighted by Gasteiger charge is 2.08. The van der Waals surface area contributed by atoms with Gasteiger partial charge >= 0.3 is 0 Å². The number of rotatable bonds is 9. The second kappa shape index (κ2) is 9.99. The van der Waals surface area contributed by atoms with Crippen LogP contribution in [-0.4, -0.2) is 19.1 Å². The Labute approximate surface area is 148 Å². The minimum Gasteiger partial charge on any atom is -0.490 e. The maximum Gasteiger partial charge on any atom is 0.234 e. The predicted molar refractivity (Wildman–Crippen MR) is 95.3 cm³/mol. The van der Waals surface area contributed by atoms with Gasteiger partial charge in [0.25, 0.3) is 0 Å². The van der Waals surface area contributed by atoms with E-state index in [1.165, 1.54) is 5.56 Å². The Morgan fingerprint density at radius 2 is 1.88 bits per heavy atom. The Bertz CT molecular complexity index is 723. The van der Waals surface area contributed by atoms with Gasteiger partial charge in [0.15, 0.2) is 11.5 Å². The van der Waals surface area contributed by atoms with Crippen LogP contribution in [0.15, 0.2) is 48.5 Å². The second-order valence-electron chi connectivity index (χ2n) is 5.41. The minimum atomic E-state index is -0.288. The number of nitrogens with zero attached hydrogens (tertiary/aromatic N) is 1. The fraction of sp³-hybridized carbons (Fsp3) is 0.300. The lowest BCUT2D eigenvalue weighted by molar-refractivity contribution is -0.120. The van der Waals surface area contributed by atoms with E-state index >= 15 is 0 Å². The molecule has 5 nitrogen and oxygen atoms in total. The van der Waals surface area contributed by atoms with Gasteiger partial charge in [-0.3, -0.25) is 4.79 Å². The van der Waals surface area contributed by atoms with Crippen LogP contribution in [-0.2, 0) is 17.8 Å². The SMILES string of the molecule is CCOc1cc(CNC(=O)CC#N)ccc1OCCc1ccccc1. The van der Waals surface area contributed by atoms with E-state index in [0.29, 0.717) is 31.3 Å². The van der Waals surface area contributed by atoms with Crippen LogP contribution in [0.4, 0.5) is 0 Å². The molecule has 0 aromatic heterocycles. The zero-order chi connectivity index (χ0) is 17.9. The number of nitriles is 1. The molecule has 0 aliphatic rings. The first-order chi connectivity index (χ1) is 12.2. The number of nitrogens with one attached hydrogen (secondary N) is 1. The third kappa shape index (κ3) is 6.19. The standard InChI is InChI=1S/C20H22N2O3/c1-2-24-19-14-17(15-22-20(23)10-12-21)8-9-18(19)25-13-11-16-6-4-3-5-7-16/h3-9,14H,2,10-11,13,15H2,1H3,(H,22,23). The van der Waals surface area contributed by atoms with Gasteiger partial charge in [0.1, 0.15) is 6.42 Å². The molecule has 0 aliphatic heterocycles. The third-order valence-electron chi connectivity index (χ3n) is 3.53. The summed E-state index contributed by atoms with van der Waals surface area (Å²) in [6.07, 6.45) is 0.678. The molecule has 0 saturated carbocycles. The Hall–Kier alpha value is -3.00. The minimum absolute atomic E-state index is 0.140. The van der Waals surface area contributed by atoms with Gasteiger partial charge < -0.3 is 14.8 Å². The fourth-order valence-corrected chi connectivity index (χ4v) is 2.31. The molecule has 25 heavy (non-hydrogen) atoms. The molecular formula is C20H22N2O3. The number of hydrogen-bond acceptors (Lipinski definition) is 4. The summed E-state index contributed by atoms with van der Waals surface area (Å²) >= 11 is 0. The summed E-state index contributed by atoms with van der Waals surface area (Å²) < 4.78 is 11.5. The van der Waals surface area contributed by atoms with Crippen molar-refractivity contribution in [3.05, 3.63) is 59.7 Å². The molecule has 0 radical (unpaired) electrons. The Balaban J connectivity index is 1.95. The summed E-state index contributed by atoms with van der Waals surface area (Å²) in [7, 11) is 0. The molecule has 1 N–H and O–H groups in total. The lowest BCUT2D eigenvalue weighted by Crippen LogP contribution is -2.21. The van der Waals surface area contributed by atoms with Gasteiger partial charge in [0.05, 0.1) is 19.3 Å². The average molecular weight is 338 g/mol. The van der Waals surface area contributed by atoms with Crippen LogP contribution in [0.3, 0.4) is 0 Å². The van der Waals surface area contributed by atoms with Gasteiger partial charge in [-0.25, -0.2) is 0 Å². The first-order valence-corrected chi connectivity index (χ1v) is 8.29. The zero-order valence-electron chi connectivity index (χ0n) is 14.3. The fourth-order valence-electron chi connectivity index (χ4n) is 2.31. The van der Waals surface area contributed by atoms with Crippen LogP contribution >= 0.6 is 0 Å². The van der Waals surface area contributed by atoms with Crippen molar-refractivity contribution in [1.82, 2.24) is 5.32 Å². The van der Waals surface area contributed by atoms with Crippen molar-refractivity contribution in [1.29, 1.82) is 5.26 Å². The molecule has 0 saturated heterocycles. The number of hydrogen-bond donors (Lipinski definition) is 1. The quantitative estimate of drug-likeness (QED) is 0.762. The number of carbonyl (C=O) groups is 1. The third-order valence-corrected chi connectivity index (χ3v) is 3.53. The molecule has 130 valence electrons. The van der Waals surface area contributed by atoms with Gasteiger partial charge in [-0.15, -0.1) is 0 Å². The summed E-state index contributed by atoms with van der Waals surface area (Å²) in [5.74, 6) is 1.05. The van der Waals surface area contributed by atoms with Crippen molar-refractivity contribution >= 4 is 5.91 Å². The lowest BCUT2D eigenvalue weighted by Gasteiger charge is -2.14. The molecule has 0 atom stereocenters. The van der Waals surface area contributed by atoms with Gasteiger partial charge in [0.2, 0.25) is 5.91 Å². The van der Waals surface area contributed by atoms with Crippen molar-refractivity contribution in [2.75, 3.05) is 13.2 Å². The van der Waals surface area contributed by atoms with Gasteiger partial charge in [-0.1, -0.05) is 36.4 Å². The first-order valence-electron chi connectivity index (χ1n) is 8.29. The van der Waals surface area contributed by atoms with Crippen LogP contribution < -0.4 is 14.8 Å². The Morgan fingerprint density at radius 1 is 1.08 bits per heavy atom. The highest BCUT2D eigenvalue weighted by molar-refractivity contribution is 5.77. The van der Waals surface area contributed by atoms with Crippen molar-refractivity contribution in [2.24, 2.45) is 0 Å². The van der Waals surface area contributed by atoms with Crippen molar-refractivity contribution in [3.8, 4) is 17.6 Å². The largest absolute Gasteiger partial charge is 0.490 e. The second-order valence-corrected chi connectivity index (χ2v) is 5.41. The molecule has 0 aliphatic carbocycles. The van der Waals surface area contributed by atoms with E-state index in [0.717, 1.165) is 12.0 Å². The van der Waals surface area contributed by atoms with E-state index in [4.69, 9.17) is 14.7 Å². The molecule has 2 aromatic carbocycles. The van der Waals surface area contributed by atoms with Crippen LogP contribution in [0.2, 0.25) is 0 Å². The number of carbonyl (C=O) groups excluding carboxylic acids is 1. The summed E-state index contributed by atoms with van der Waals surface area (Å²) in [5, 5.41) is 11.2. The summed E-state index contributed by atoms with van der Waals surface area (Å²) in [4.78, 5) is 11.4. The Morgan fingerprint density at radius 3 is 2.60 bits per heavy atom. The molecule has 2 rings (SSSR count). The van der Waals surface area contributed by atoms with E-state index < -0.39 is 0 Å². The highest BCUT2D eigenvalue weighted by Crippen LogP contribution is 2.28. The van der Waals surface area contributed by atoms with E-state index in [1.807, 2.05) is 49.4 Å². The number of benzene rings is 2. The van der Waals surface area contributed by atoms with Gasteiger partial charge in [-0.05, 0) is 30.2 Å².